The molecule has 3 rings (SSSR count). The molecule has 120 valence electrons. The van der Waals surface area contributed by atoms with E-state index in [0.717, 1.165) is 25.9 Å². The van der Waals surface area contributed by atoms with E-state index in [0.29, 0.717) is 6.54 Å². The van der Waals surface area contributed by atoms with Crippen LogP contribution in [0.15, 0.2) is 24.3 Å². The van der Waals surface area contributed by atoms with E-state index < -0.39 is 0 Å². The minimum Gasteiger partial charge on any atom is -0.350 e. The largest absolute Gasteiger partial charge is 0.350 e. The molecule has 22 heavy (non-hydrogen) atoms. The van der Waals surface area contributed by atoms with Crippen molar-refractivity contribution in [2.45, 2.75) is 64.0 Å². The molecule has 1 spiro atoms. The Morgan fingerprint density at radius 2 is 2.00 bits per heavy atom. The highest BCUT2D eigenvalue weighted by atomic mass is 16.2. The Labute approximate surface area is 134 Å². The molecule has 2 aliphatic heterocycles. The van der Waals surface area contributed by atoms with Crippen LogP contribution in [0.25, 0.3) is 0 Å². The lowest BCUT2D eigenvalue weighted by Crippen LogP contribution is -2.61. The van der Waals surface area contributed by atoms with Crippen LogP contribution in [0.2, 0.25) is 0 Å². The number of nitrogens with one attached hydrogen (secondary N) is 1. The average molecular weight is 300 g/mol. The third kappa shape index (κ3) is 2.91. The summed E-state index contributed by atoms with van der Waals surface area (Å²) in [5.41, 5.74) is 2.33. The Hall–Kier alpha value is -1.35. The highest BCUT2D eigenvalue weighted by molar-refractivity contribution is 5.87. The van der Waals surface area contributed by atoms with Crippen LogP contribution < -0.4 is 5.32 Å². The predicted octanol–water partition coefficient (Wildman–Crippen LogP) is 3.27. The van der Waals surface area contributed by atoms with E-state index in [1.165, 1.54) is 43.2 Å². The topological polar surface area (TPSA) is 32.3 Å². The number of nitrogens with zero attached hydrogens (tertiary/aromatic N) is 1. The third-order valence-electron chi connectivity index (χ3n) is 5.37. The fourth-order valence-electron chi connectivity index (χ4n) is 4.07. The number of amides is 1. The van der Waals surface area contributed by atoms with Crippen molar-refractivity contribution in [2.24, 2.45) is 0 Å². The maximum Gasteiger partial charge on any atom is 0.241 e. The molecule has 3 heteroatoms. The molecule has 1 fully saturated rings. The van der Waals surface area contributed by atoms with Gasteiger partial charge in [-0.05, 0) is 49.9 Å². The van der Waals surface area contributed by atoms with Crippen LogP contribution in [0.5, 0.6) is 0 Å². The van der Waals surface area contributed by atoms with Crippen LogP contribution in [0.4, 0.5) is 0 Å². The molecule has 0 radical (unpaired) electrons. The van der Waals surface area contributed by atoms with Crippen molar-refractivity contribution in [3.05, 3.63) is 35.4 Å². The molecule has 1 atom stereocenters. The van der Waals surface area contributed by atoms with Gasteiger partial charge in [0.2, 0.25) is 5.91 Å². The van der Waals surface area contributed by atoms with Crippen LogP contribution in [0.3, 0.4) is 0 Å². The normalized spacial score (nSPS) is 25.6. The molecule has 1 saturated heterocycles. The summed E-state index contributed by atoms with van der Waals surface area (Å²) in [4.78, 5) is 15.4. The van der Waals surface area contributed by atoms with Gasteiger partial charge in [0, 0.05) is 13.0 Å². The van der Waals surface area contributed by atoms with Gasteiger partial charge in [0.05, 0.1) is 0 Å². The summed E-state index contributed by atoms with van der Waals surface area (Å²) in [6.07, 6.45) is 7.96. The predicted molar refractivity (Wildman–Crippen MR) is 89.7 cm³/mol. The number of piperidine rings is 1. The van der Waals surface area contributed by atoms with Crippen molar-refractivity contribution >= 4 is 5.91 Å². The second-order valence-corrected chi connectivity index (χ2v) is 6.81. The van der Waals surface area contributed by atoms with Crippen LogP contribution in [-0.4, -0.2) is 29.4 Å². The smallest absolute Gasteiger partial charge is 0.241 e. The van der Waals surface area contributed by atoms with Gasteiger partial charge in [-0.1, -0.05) is 44.0 Å². The first-order valence-electron chi connectivity index (χ1n) is 8.86. The number of rotatable bonds is 4. The van der Waals surface area contributed by atoms with Gasteiger partial charge in [-0.3, -0.25) is 9.69 Å². The Morgan fingerprint density at radius 1 is 1.18 bits per heavy atom. The van der Waals surface area contributed by atoms with Crippen LogP contribution in [-0.2, 0) is 17.8 Å². The van der Waals surface area contributed by atoms with Crippen molar-refractivity contribution in [3.8, 4) is 0 Å². The van der Waals surface area contributed by atoms with Crippen LogP contribution in [0.1, 0.15) is 56.6 Å². The molecule has 1 aromatic carbocycles. The van der Waals surface area contributed by atoms with Crippen molar-refractivity contribution in [3.63, 3.8) is 0 Å². The summed E-state index contributed by atoms with van der Waals surface area (Å²) >= 11 is 0. The zero-order valence-electron chi connectivity index (χ0n) is 13.7. The minimum atomic E-state index is -0.307. The summed E-state index contributed by atoms with van der Waals surface area (Å²) in [7, 11) is 0. The Kier molecular flexibility index (Phi) is 4.82. The summed E-state index contributed by atoms with van der Waals surface area (Å²) in [5, 5.41) is 3.20. The number of carbonyl (C=O) groups is 1. The number of unbranched alkanes of at least 4 members (excludes halogenated alkanes) is 2. The first-order chi connectivity index (χ1) is 10.8. The lowest BCUT2D eigenvalue weighted by atomic mass is 9.80. The maximum atomic E-state index is 12.9. The van der Waals surface area contributed by atoms with E-state index in [9.17, 15) is 4.79 Å². The number of carbonyl (C=O) groups excluding carboxylic acids is 1. The monoisotopic (exact) mass is 300 g/mol. The summed E-state index contributed by atoms with van der Waals surface area (Å²) in [6, 6.07) is 8.53. The van der Waals surface area contributed by atoms with E-state index in [1.807, 2.05) is 0 Å². The maximum absolute atomic E-state index is 12.9. The molecule has 0 bridgehead atoms. The lowest BCUT2D eigenvalue weighted by molar-refractivity contribution is -0.136. The fourth-order valence-corrected chi connectivity index (χ4v) is 4.07. The first kappa shape index (κ1) is 15.5. The molecule has 0 aliphatic carbocycles. The molecular weight excluding hydrogens is 272 g/mol. The van der Waals surface area contributed by atoms with Gasteiger partial charge in [-0.25, -0.2) is 0 Å². The fraction of sp³-hybridized carbons (Fsp3) is 0.632. The van der Waals surface area contributed by atoms with Gasteiger partial charge in [-0.2, -0.15) is 0 Å². The van der Waals surface area contributed by atoms with Gasteiger partial charge >= 0.3 is 0 Å². The van der Waals surface area contributed by atoms with Crippen molar-refractivity contribution in [2.75, 3.05) is 13.1 Å². The lowest BCUT2D eigenvalue weighted by Gasteiger charge is -2.45. The molecule has 1 unspecified atom stereocenters. The van der Waals surface area contributed by atoms with Crippen molar-refractivity contribution in [1.29, 1.82) is 0 Å². The van der Waals surface area contributed by atoms with Gasteiger partial charge in [0.1, 0.15) is 5.54 Å². The van der Waals surface area contributed by atoms with Gasteiger partial charge in [-0.15, -0.1) is 0 Å². The number of likely N-dealkylation sites (tertiary alicyclic amines) is 1. The van der Waals surface area contributed by atoms with E-state index in [-0.39, 0.29) is 11.4 Å². The molecule has 1 amide bonds. The first-order valence-corrected chi connectivity index (χ1v) is 8.86. The Morgan fingerprint density at radius 3 is 2.82 bits per heavy atom. The van der Waals surface area contributed by atoms with Crippen LogP contribution in [0, 0.1) is 0 Å². The molecule has 2 aliphatic rings. The number of hydrogen-bond acceptors (Lipinski definition) is 2. The SMILES string of the molecule is CCCCCN1CCCCC12Cc1ccccc1CNC2=O. The standard InChI is InChI=1S/C19H28N2O/c1-2-3-7-12-21-13-8-6-11-19(21)14-16-9-4-5-10-17(16)15-20-18(19)22/h4-5,9-10H,2-3,6-8,11-15H2,1H3,(H,20,22). The van der Waals surface area contributed by atoms with Gasteiger partial charge in [0.15, 0.2) is 0 Å². The van der Waals surface area contributed by atoms with E-state index >= 15 is 0 Å². The van der Waals surface area contributed by atoms with E-state index in [2.05, 4.69) is 41.4 Å². The van der Waals surface area contributed by atoms with Crippen molar-refractivity contribution < 1.29 is 4.79 Å². The quantitative estimate of drug-likeness (QED) is 0.866. The van der Waals surface area contributed by atoms with Crippen LogP contribution >= 0.6 is 0 Å². The van der Waals surface area contributed by atoms with Gasteiger partial charge in [0.25, 0.3) is 0 Å². The second kappa shape index (κ2) is 6.82. The summed E-state index contributed by atoms with van der Waals surface area (Å²) in [6.45, 7) is 5.04. The Bertz CT molecular complexity index is 528. The molecule has 1 aromatic rings. The Balaban J connectivity index is 1.87. The van der Waals surface area contributed by atoms with E-state index in [1.54, 1.807) is 0 Å². The zero-order chi connectivity index (χ0) is 15.4. The molecule has 2 heterocycles. The third-order valence-corrected chi connectivity index (χ3v) is 5.37. The number of benzene rings is 1. The van der Waals surface area contributed by atoms with E-state index in [4.69, 9.17) is 0 Å². The second-order valence-electron chi connectivity index (χ2n) is 6.81. The minimum absolute atomic E-state index is 0.250. The molecular formula is C19H28N2O. The molecule has 3 nitrogen and oxygen atoms in total. The van der Waals surface area contributed by atoms with Gasteiger partial charge < -0.3 is 5.32 Å². The number of fused-ring (bicyclic) bond motifs is 1. The van der Waals surface area contributed by atoms with Crippen molar-refractivity contribution in [1.82, 2.24) is 10.2 Å². The molecule has 0 saturated carbocycles. The highest BCUT2D eigenvalue weighted by Gasteiger charge is 2.46. The highest BCUT2D eigenvalue weighted by Crippen LogP contribution is 2.35. The molecule has 1 N–H and O–H groups in total. The summed E-state index contributed by atoms with van der Waals surface area (Å²) in [5.74, 6) is 0.250. The summed E-state index contributed by atoms with van der Waals surface area (Å²) < 4.78 is 0. The number of hydrogen-bond donors (Lipinski definition) is 1. The zero-order valence-corrected chi connectivity index (χ0v) is 13.7. The molecule has 0 aromatic heterocycles. The average Bonchev–Trinajstić information content (AvgIpc) is 2.68.